The Balaban J connectivity index is 1.54. The van der Waals surface area contributed by atoms with E-state index in [0.717, 1.165) is 4.31 Å². The number of halogens is 4. The summed E-state index contributed by atoms with van der Waals surface area (Å²) in [6.45, 7) is 1.53. The maximum Gasteiger partial charge on any atom is 0.255 e. The summed E-state index contributed by atoms with van der Waals surface area (Å²) in [6, 6.07) is 8.09. The minimum absolute atomic E-state index is 0.0381. The first-order valence-corrected chi connectivity index (χ1v) is 11.4. The van der Waals surface area contributed by atoms with Crippen LogP contribution in [0.5, 0.6) is 0 Å². The van der Waals surface area contributed by atoms with Crippen molar-refractivity contribution in [1.82, 2.24) is 14.2 Å². The molecule has 32 heavy (non-hydrogen) atoms. The highest BCUT2D eigenvalue weighted by Crippen LogP contribution is 2.25. The fourth-order valence-electron chi connectivity index (χ4n) is 3.61. The van der Waals surface area contributed by atoms with Gasteiger partial charge < -0.3 is 4.90 Å². The molecule has 0 saturated carbocycles. The third-order valence-corrected chi connectivity index (χ3v) is 7.49. The number of carbonyl (C=O) groups excluding carboxylic acids is 1. The number of carbonyl (C=O) groups is 1. The van der Waals surface area contributed by atoms with Crippen LogP contribution in [0.3, 0.4) is 0 Å². The van der Waals surface area contributed by atoms with Gasteiger partial charge in [-0.2, -0.15) is 4.31 Å². The van der Waals surface area contributed by atoms with Gasteiger partial charge in [-0.1, -0.05) is 11.6 Å². The van der Waals surface area contributed by atoms with Crippen molar-refractivity contribution in [3.63, 3.8) is 0 Å². The summed E-state index contributed by atoms with van der Waals surface area (Å²) in [5.74, 6) is -5.41. The Kier molecular flexibility index (Phi) is 5.87. The van der Waals surface area contributed by atoms with Gasteiger partial charge in [-0.15, -0.1) is 0 Å². The van der Waals surface area contributed by atoms with Crippen LogP contribution in [0.25, 0.3) is 10.9 Å². The van der Waals surface area contributed by atoms with Crippen molar-refractivity contribution in [3.8, 4) is 0 Å². The Morgan fingerprint density at radius 3 is 2.38 bits per heavy atom. The first-order valence-electron chi connectivity index (χ1n) is 9.59. The molecule has 6 nitrogen and oxygen atoms in total. The van der Waals surface area contributed by atoms with E-state index in [2.05, 4.69) is 4.98 Å². The van der Waals surface area contributed by atoms with Gasteiger partial charge in [0.1, 0.15) is 4.90 Å². The Morgan fingerprint density at radius 1 is 1.00 bits per heavy atom. The zero-order valence-corrected chi connectivity index (χ0v) is 18.4. The second kappa shape index (κ2) is 8.34. The molecule has 1 saturated heterocycles. The monoisotopic (exact) mass is 483 g/mol. The number of aryl methyl sites for hydroxylation is 1. The number of benzene rings is 2. The molecule has 1 fully saturated rings. The van der Waals surface area contributed by atoms with Crippen LogP contribution in [-0.2, 0) is 10.0 Å². The fourth-order valence-corrected chi connectivity index (χ4v) is 5.27. The van der Waals surface area contributed by atoms with E-state index < -0.39 is 32.4 Å². The second-order valence-electron chi connectivity index (χ2n) is 7.33. The quantitative estimate of drug-likeness (QED) is 0.532. The molecule has 4 rings (SSSR count). The Morgan fingerprint density at radius 2 is 1.69 bits per heavy atom. The molecule has 0 spiro atoms. The lowest BCUT2D eigenvalue weighted by Crippen LogP contribution is -2.50. The molecular weight excluding hydrogens is 467 g/mol. The Bertz CT molecular complexity index is 1340. The number of hydrogen-bond acceptors (Lipinski definition) is 4. The molecule has 1 amide bonds. The molecule has 11 heteroatoms. The van der Waals surface area contributed by atoms with Crippen molar-refractivity contribution >= 4 is 38.4 Å². The molecule has 1 aliphatic heterocycles. The highest BCUT2D eigenvalue weighted by molar-refractivity contribution is 7.89. The molecule has 3 aromatic rings. The van der Waals surface area contributed by atoms with Gasteiger partial charge >= 0.3 is 0 Å². The third-order valence-electron chi connectivity index (χ3n) is 5.34. The number of amides is 1. The van der Waals surface area contributed by atoms with Crippen molar-refractivity contribution < 1.29 is 26.4 Å². The molecule has 1 aliphatic rings. The maximum atomic E-state index is 14.0. The van der Waals surface area contributed by atoms with Crippen LogP contribution >= 0.6 is 11.6 Å². The van der Waals surface area contributed by atoms with Gasteiger partial charge in [-0.3, -0.25) is 9.78 Å². The second-order valence-corrected chi connectivity index (χ2v) is 9.67. The summed E-state index contributed by atoms with van der Waals surface area (Å²) in [6.07, 6.45) is 0. The third kappa shape index (κ3) is 3.94. The van der Waals surface area contributed by atoms with Gasteiger partial charge in [0, 0.05) is 36.6 Å². The first-order chi connectivity index (χ1) is 15.1. The van der Waals surface area contributed by atoms with Crippen molar-refractivity contribution in [1.29, 1.82) is 0 Å². The normalized spacial score (nSPS) is 15.3. The molecule has 0 radical (unpaired) electrons. The summed E-state index contributed by atoms with van der Waals surface area (Å²) < 4.78 is 67.1. The van der Waals surface area contributed by atoms with E-state index in [1.165, 1.54) is 4.90 Å². The van der Waals surface area contributed by atoms with Crippen molar-refractivity contribution in [2.75, 3.05) is 26.2 Å². The summed E-state index contributed by atoms with van der Waals surface area (Å²) in [5.41, 5.74) is 1.57. The summed E-state index contributed by atoms with van der Waals surface area (Å²) >= 11 is 6.02. The average Bonchev–Trinajstić information content (AvgIpc) is 2.76. The summed E-state index contributed by atoms with van der Waals surface area (Å²) in [5, 5.41) is 1.20. The number of rotatable bonds is 3. The van der Waals surface area contributed by atoms with E-state index in [9.17, 15) is 26.4 Å². The van der Waals surface area contributed by atoms with E-state index >= 15 is 0 Å². The van der Waals surface area contributed by atoms with E-state index in [4.69, 9.17) is 11.6 Å². The molecule has 168 valence electrons. The van der Waals surface area contributed by atoms with Crippen molar-refractivity contribution in [2.45, 2.75) is 11.8 Å². The lowest BCUT2D eigenvalue weighted by Gasteiger charge is -2.34. The van der Waals surface area contributed by atoms with Crippen LogP contribution < -0.4 is 0 Å². The Labute approximate surface area is 187 Å². The Hall–Kier alpha value is -2.69. The van der Waals surface area contributed by atoms with Crippen LogP contribution in [0, 0.1) is 24.4 Å². The van der Waals surface area contributed by atoms with Gasteiger partial charge in [0.05, 0.1) is 16.8 Å². The number of piperazine rings is 1. The van der Waals surface area contributed by atoms with Crippen LogP contribution in [0.4, 0.5) is 13.2 Å². The SMILES string of the molecule is Cc1nc2ccc(Cl)cc2cc1C(=O)N1CCN(S(=O)(=O)c2ccc(F)c(F)c2F)CC1. The minimum atomic E-state index is -4.40. The smallest absolute Gasteiger partial charge is 0.255 e. The average molecular weight is 484 g/mol. The van der Waals surface area contributed by atoms with E-state index in [1.807, 2.05) is 0 Å². The summed E-state index contributed by atoms with van der Waals surface area (Å²) in [4.78, 5) is 18.0. The van der Waals surface area contributed by atoms with Gasteiger partial charge in [0.15, 0.2) is 17.5 Å². The van der Waals surface area contributed by atoms with E-state index in [-0.39, 0.29) is 32.1 Å². The van der Waals surface area contributed by atoms with E-state index in [1.54, 1.807) is 31.2 Å². The molecule has 0 N–H and O–H groups in total. The van der Waals surface area contributed by atoms with Gasteiger partial charge in [0.2, 0.25) is 10.0 Å². The maximum absolute atomic E-state index is 14.0. The number of nitrogens with zero attached hydrogens (tertiary/aromatic N) is 3. The number of sulfonamides is 1. The van der Waals surface area contributed by atoms with Crippen molar-refractivity contribution in [3.05, 3.63) is 70.1 Å². The molecule has 0 bridgehead atoms. The lowest BCUT2D eigenvalue weighted by molar-refractivity contribution is 0.0696. The first kappa shape index (κ1) is 22.5. The molecular formula is C21H17ClF3N3O3S. The lowest BCUT2D eigenvalue weighted by atomic mass is 10.1. The predicted molar refractivity (Wildman–Crippen MR) is 112 cm³/mol. The van der Waals surface area contributed by atoms with Gasteiger partial charge in [-0.25, -0.2) is 21.6 Å². The summed E-state index contributed by atoms with van der Waals surface area (Å²) in [7, 11) is -4.40. The zero-order valence-electron chi connectivity index (χ0n) is 16.8. The molecule has 1 aromatic heterocycles. The van der Waals surface area contributed by atoms with Crippen LogP contribution in [0.2, 0.25) is 5.02 Å². The number of aromatic nitrogens is 1. The number of hydrogen-bond donors (Lipinski definition) is 0. The molecule has 2 heterocycles. The molecule has 2 aromatic carbocycles. The molecule has 0 unspecified atom stereocenters. The van der Waals surface area contributed by atoms with Crippen LogP contribution in [-0.4, -0.2) is 54.7 Å². The predicted octanol–water partition coefficient (Wildman–Crippen LogP) is 3.76. The van der Waals surface area contributed by atoms with Gasteiger partial charge in [-0.05, 0) is 43.3 Å². The molecule has 0 aliphatic carbocycles. The van der Waals surface area contributed by atoms with E-state index in [0.29, 0.717) is 39.3 Å². The highest BCUT2D eigenvalue weighted by atomic mass is 35.5. The highest BCUT2D eigenvalue weighted by Gasteiger charge is 2.34. The topological polar surface area (TPSA) is 70.6 Å². The number of fused-ring (bicyclic) bond motifs is 1. The zero-order chi connectivity index (χ0) is 23.2. The van der Waals surface area contributed by atoms with Crippen molar-refractivity contribution in [2.24, 2.45) is 0 Å². The van der Waals surface area contributed by atoms with Crippen LogP contribution in [0.1, 0.15) is 16.1 Å². The molecule has 0 atom stereocenters. The largest absolute Gasteiger partial charge is 0.336 e. The van der Waals surface area contributed by atoms with Crippen LogP contribution in [0.15, 0.2) is 41.3 Å². The number of pyridine rings is 1. The van der Waals surface area contributed by atoms with Gasteiger partial charge in [0.25, 0.3) is 5.91 Å². The standard InChI is InChI=1S/C21H17ClF3N3O3S/c1-12-15(11-13-10-14(22)2-4-17(13)26-12)21(29)27-6-8-28(9-7-27)32(30,31)18-5-3-16(23)19(24)20(18)25/h2-5,10-11H,6-9H2,1H3. The fraction of sp³-hybridized carbons (Fsp3) is 0.238. The minimum Gasteiger partial charge on any atom is -0.336 e.